The van der Waals surface area contributed by atoms with E-state index < -0.39 is 5.97 Å². The maximum Gasteiger partial charge on any atom is 0.343 e. The Morgan fingerprint density at radius 2 is 1.48 bits per heavy atom. The van der Waals surface area contributed by atoms with E-state index in [-0.39, 0.29) is 5.78 Å². The highest BCUT2D eigenvalue weighted by Gasteiger charge is 2.23. The van der Waals surface area contributed by atoms with Crippen LogP contribution in [0.25, 0.3) is 16.5 Å². The van der Waals surface area contributed by atoms with Gasteiger partial charge >= 0.3 is 5.97 Å². The van der Waals surface area contributed by atoms with Crippen LogP contribution in [-0.2, 0) is 4.74 Å². The molecule has 0 heterocycles. The van der Waals surface area contributed by atoms with Crippen molar-refractivity contribution in [1.82, 2.24) is 0 Å². The summed E-state index contributed by atoms with van der Waals surface area (Å²) >= 11 is 0. The van der Waals surface area contributed by atoms with Gasteiger partial charge in [-0.2, -0.15) is 0 Å². The van der Waals surface area contributed by atoms with Gasteiger partial charge in [-0.1, -0.05) is 54.6 Å². The molecule has 0 radical (unpaired) electrons. The molecule has 3 aromatic rings. The molecule has 4 rings (SSSR count). The summed E-state index contributed by atoms with van der Waals surface area (Å²) in [6.45, 7) is 0. The maximum atomic E-state index is 12.3. The van der Waals surface area contributed by atoms with E-state index in [2.05, 4.69) is 0 Å². The lowest BCUT2D eigenvalue weighted by Crippen LogP contribution is -2.11. The summed E-state index contributed by atoms with van der Waals surface area (Å²) < 4.78 is 5.50. The van der Waals surface area contributed by atoms with E-state index in [9.17, 15) is 9.59 Å². The first-order valence-electron chi connectivity index (χ1n) is 7.29. The molecular formula is C20H12O3. The Kier molecular flexibility index (Phi) is 3.05. The minimum Gasteiger partial charge on any atom is -0.422 e. The first-order chi connectivity index (χ1) is 11.2. The molecule has 0 amide bonds. The molecule has 23 heavy (non-hydrogen) atoms. The lowest BCUT2D eigenvalue weighted by Gasteiger charge is -2.17. The monoisotopic (exact) mass is 300 g/mol. The molecular weight excluding hydrogens is 288 g/mol. The molecule has 0 bridgehead atoms. The minimum atomic E-state index is -0.471. The van der Waals surface area contributed by atoms with Gasteiger partial charge in [-0.25, -0.2) is 4.79 Å². The van der Waals surface area contributed by atoms with Crippen molar-refractivity contribution in [2.45, 2.75) is 0 Å². The number of carbonyl (C=O) groups excluding carboxylic acids is 2. The number of esters is 1. The number of hydrogen-bond acceptors (Lipinski definition) is 3. The van der Waals surface area contributed by atoms with E-state index in [0.717, 1.165) is 16.3 Å². The van der Waals surface area contributed by atoms with Crippen LogP contribution in [0.2, 0.25) is 0 Å². The molecule has 0 spiro atoms. The quantitative estimate of drug-likeness (QED) is 0.665. The standard InChI is InChI=1S/C20H12O3/c21-17-12-18(23-20(22)14-6-2-1-3-7-14)16-11-5-9-13-8-4-10-15(17)19(13)16/h1-12H. The Morgan fingerprint density at radius 1 is 0.783 bits per heavy atom. The third kappa shape index (κ3) is 2.23. The fraction of sp³-hybridized carbons (Fsp3) is 0. The zero-order chi connectivity index (χ0) is 15.8. The van der Waals surface area contributed by atoms with Crippen LogP contribution in [0.1, 0.15) is 26.3 Å². The van der Waals surface area contributed by atoms with Gasteiger partial charge < -0.3 is 4.74 Å². The van der Waals surface area contributed by atoms with Gasteiger partial charge in [-0.05, 0) is 17.5 Å². The van der Waals surface area contributed by atoms with Crippen LogP contribution in [0.4, 0.5) is 0 Å². The van der Waals surface area contributed by atoms with Crippen molar-refractivity contribution in [2.24, 2.45) is 0 Å². The van der Waals surface area contributed by atoms with Crippen LogP contribution in [-0.4, -0.2) is 11.8 Å². The third-order valence-electron chi connectivity index (χ3n) is 3.91. The number of hydrogen-bond donors (Lipinski definition) is 0. The van der Waals surface area contributed by atoms with E-state index in [0.29, 0.717) is 16.9 Å². The van der Waals surface area contributed by atoms with E-state index >= 15 is 0 Å². The Bertz CT molecular complexity index is 963. The molecule has 110 valence electrons. The molecule has 3 heteroatoms. The van der Waals surface area contributed by atoms with Crippen molar-refractivity contribution >= 4 is 28.3 Å². The van der Waals surface area contributed by atoms with Crippen LogP contribution >= 0.6 is 0 Å². The van der Waals surface area contributed by atoms with Crippen molar-refractivity contribution in [3.05, 3.63) is 89.5 Å². The van der Waals surface area contributed by atoms with Gasteiger partial charge in [-0.3, -0.25) is 4.79 Å². The van der Waals surface area contributed by atoms with Crippen LogP contribution in [0.3, 0.4) is 0 Å². The van der Waals surface area contributed by atoms with E-state index in [4.69, 9.17) is 4.74 Å². The van der Waals surface area contributed by atoms with Crippen molar-refractivity contribution in [1.29, 1.82) is 0 Å². The minimum absolute atomic E-state index is 0.148. The summed E-state index contributed by atoms with van der Waals surface area (Å²) in [6, 6.07) is 20.0. The molecule has 0 saturated carbocycles. The summed E-state index contributed by atoms with van der Waals surface area (Å²) in [5.74, 6) is -0.320. The second-order valence-electron chi connectivity index (χ2n) is 5.34. The summed E-state index contributed by atoms with van der Waals surface area (Å²) in [4.78, 5) is 24.6. The number of benzene rings is 3. The lowest BCUT2D eigenvalue weighted by molar-refractivity contribution is 0.0691. The van der Waals surface area contributed by atoms with Crippen molar-refractivity contribution in [3.63, 3.8) is 0 Å². The smallest absolute Gasteiger partial charge is 0.343 e. The summed E-state index contributed by atoms with van der Waals surface area (Å²) in [5, 5.41) is 1.79. The Balaban J connectivity index is 1.79. The molecule has 0 saturated heterocycles. The highest BCUT2D eigenvalue weighted by molar-refractivity contribution is 6.21. The second-order valence-corrected chi connectivity index (χ2v) is 5.34. The number of ketones is 1. The SMILES string of the molecule is O=C(OC1=CC(=O)c2cccc3cccc1c23)c1ccccc1. The molecule has 3 nitrogen and oxygen atoms in total. The molecule has 0 aromatic heterocycles. The van der Waals surface area contributed by atoms with Gasteiger partial charge in [0.15, 0.2) is 5.78 Å². The number of rotatable bonds is 2. The molecule has 3 aromatic carbocycles. The largest absolute Gasteiger partial charge is 0.422 e. The van der Waals surface area contributed by atoms with Gasteiger partial charge in [0.1, 0.15) is 5.76 Å². The third-order valence-corrected chi connectivity index (χ3v) is 3.91. The maximum absolute atomic E-state index is 12.3. The molecule has 0 unspecified atom stereocenters. The topological polar surface area (TPSA) is 43.4 Å². The van der Waals surface area contributed by atoms with Crippen molar-refractivity contribution < 1.29 is 14.3 Å². The average Bonchev–Trinajstić information content (AvgIpc) is 2.60. The number of carbonyl (C=O) groups is 2. The van der Waals surface area contributed by atoms with Crippen LogP contribution in [0.15, 0.2) is 72.8 Å². The van der Waals surface area contributed by atoms with Crippen molar-refractivity contribution in [2.75, 3.05) is 0 Å². The molecule has 1 aliphatic rings. The van der Waals surface area contributed by atoms with Gasteiger partial charge in [0.2, 0.25) is 0 Å². The van der Waals surface area contributed by atoms with Crippen LogP contribution < -0.4 is 0 Å². The van der Waals surface area contributed by atoms with Crippen LogP contribution in [0, 0.1) is 0 Å². The van der Waals surface area contributed by atoms with Crippen molar-refractivity contribution in [3.8, 4) is 0 Å². The highest BCUT2D eigenvalue weighted by Crippen LogP contribution is 2.33. The zero-order valence-corrected chi connectivity index (χ0v) is 12.2. The lowest BCUT2D eigenvalue weighted by atomic mass is 9.91. The zero-order valence-electron chi connectivity index (χ0n) is 12.2. The molecule has 0 atom stereocenters. The highest BCUT2D eigenvalue weighted by atomic mass is 16.5. The first kappa shape index (κ1) is 13.5. The second kappa shape index (κ2) is 5.21. The van der Waals surface area contributed by atoms with E-state index in [1.807, 2.05) is 36.4 Å². The average molecular weight is 300 g/mol. The number of allylic oxidation sites excluding steroid dienone is 1. The Hall–Kier alpha value is -3.20. The van der Waals surface area contributed by atoms with Gasteiger partial charge in [0.25, 0.3) is 0 Å². The molecule has 0 aliphatic heterocycles. The predicted molar refractivity (Wildman–Crippen MR) is 88.1 cm³/mol. The normalized spacial score (nSPS) is 12.9. The molecule has 1 aliphatic carbocycles. The van der Waals surface area contributed by atoms with Gasteiger partial charge in [-0.15, -0.1) is 0 Å². The Labute approximate surface area is 132 Å². The van der Waals surface area contributed by atoms with Gasteiger partial charge in [0, 0.05) is 22.6 Å². The fourth-order valence-electron chi connectivity index (χ4n) is 2.84. The predicted octanol–water partition coefficient (Wildman–Crippen LogP) is 4.23. The summed E-state index contributed by atoms with van der Waals surface area (Å²) in [5.41, 5.74) is 1.85. The van der Waals surface area contributed by atoms with E-state index in [1.54, 1.807) is 30.3 Å². The fourth-order valence-corrected chi connectivity index (χ4v) is 2.84. The Morgan fingerprint density at radius 3 is 2.22 bits per heavy atom. The molecule has 0 fully saturated rings. The van der Waals surface area contributed by atoms with Crippen LogP contribution in [0.5, 0.6) is 0 Å². The number of ether oxygens (including phenoxy) is 1. The molecule has 0 N–H and O–H groups in total. The van der Waals surface area contributed by atoms with Gasteiger partial charge in [0.05, 0.1) is 5.56 Å². The van der Waals surface area contributed by atoms with E-state index in [1.165, 1.54) is 6.08 Å². The summed E-state index contributed by atoms with van der Waals surface area (Å²) in [7, 11) is 0. The summed E-state index contributed by atoms with van der Waals surface area (Å²) in [6.07, 6.45) is 1.39. The first-order valence-corrected chi connectivity index (χ1v) is 7.29.